The zero-order valence-electron chi connectivity index (χ0n) is 12.8. The van der Waals surface area contributed by atoms with Crippen molar-refractivity contribution in [3.05, 3.63) is 47.7 Å². The van der Waals surface area contributed by atoms with Crippen LogP contribution in [0.5, 0.6) is 0 Å². The summed E-state index contributed by atoms with van der Waals surface area (Å²) in [5, 5.41) is 3.62. The Morgan fingerprint density at radius 1 is 1.26 bits per heavy atom. The van der Waals surface area contributed by atoms with Crippen LogP contribution in [0, 0.1) is 11.3 Å². The minimum Gasteiger partial charge on any atom is -0.386 e. The molecule has 1 N–H and O–H groups in total. The molecule has 1 heteroatoms. The number of hydrogen-bond donors (Lipinski definition) is 1. The smallest absolute Gasteiger partial charge is 0.0264 e. The summed E-state index contributed by atoms with van der Waals surface area (Å²) in [7, 11) is 0. The molecule has 1 aromatic carbocycles. The lowest BCUT2D eigenvalue weighted by Gasteiger charge is -2.26. The Labute approximate surface area is 118 Å². The van der Waals surface area contributed by atoms with E-state index in [4.69, 9.17) is 0 Å². The van der Waals surface area contributed by atoms with Gasteiger partial charge in [0.05, 0.1) is 0 Å². The van der Waals surface area contributed by atoms with Crippen molar-refractivity contribution in [1.29, 1.82) is 0 Å². The number of hydrogen-bond acceptors (Lipinski definition) is 1. The summed E-state index contributed by atoms with van der Waals surface area (Å²) >= 11 is 0. The van der Waals surface area contributed by atoms with E-state index < -0.39 is 0 Å². The van der Waals surface area contributed by atoms with Crippen LogP contribution in [0.4, 0.5) is 0 Å². The largest absolute Gasteiger partial charge is 0.386 e. The second kappa shape index (κ2) is 5.40. The molecule has 0 saturated carbocycles. The van der Waals surface area contributed by atoms with Crippen LogP contribution in [-0.2, 0) is 12.8 Å². The van der Waals surface area contributed by atoms with E-state index in [9.17, 15) is 0 Å². The van der Waals surface area contributed by atoms with Crippen LogP contribution < -0.4 is 5.32 Å². The van der Waals surface area contributed by atoms with Crippen LogP contribution in [0.25, 0.3) is 0 Å². The van der Waals surface area contributed by atoms with E-state index in [0.717, 1.165) is 6.42 Å². The molecule has 104 valence electrons. The van der Waals surface area contributed by atoms with Gasteiger partial charge in [-0.2, -0.15) is 0 Å². The number of fused-ring (bicyclic) bond motifs is 1. The van der Waals surface area contributed by atoms with Gasteiger partial charge in [-0.05, 0) is 48.6 Å². The fourth-order valence-corrected chi connectivity index (χ4v) is 3.08. The highest BCUT2D eigenvalue weighted by molar-refractivity contribution is 5.32. The Balaban J connectivity index is 1.89. The Bertz CT molecular complexity index is 428. The molecule has 1 aromatic rings. The summed E-state index contributed by atoms with van der Waals surface area (Å²) in [6, 6.07) is 9.34. The maximum absolute atomic E-state index is 4.19. The van der Waals surface area contributed by atoms with Crippen molar-refractivity contribution in [3.8, 4) is 0 Å². The molecule has 0 fully saturated rings. The third kappa shape index (κ3) is 3.86. The summed E-state index contributed by atoms with van der Waals surface area (Å²) < 4.78 is 0. The second-order valence-corrected chi connectivity index (χ2v) is 7.21. The van der Waals surface area contributed by atoms with Crippen molar-refractivity contribution in [1.82, 2.24) is 5.32 Å². The lowest BCUT2D eigenvalue weighted by molar-refractivity contribution is 0.364. The predicted octanol–water partition coefficient (Wildman–Crippen LogP) is 4.33. The van der Waals surface area contributed by atoms with Crippen molar-refractivity contribution >= 4 is 0 Å². The lowest BCUT2D eigenvalue weighted by Crippen LogP contribution is -2.34. The second-order valence-electron chi connectivity index (χ2n) is 7.21. The van der Waals surface area contributed by atoms with E-state index in [1.165, 1.54) is 29.7 Å². The maximum Gasteiger partial charge on any atom is 0.0264 e. The van der Waals surface area contributed by atoms with Gasteiger partial charge < -0.3 is 5.32 Å². The number of allylic oxidation sites excluding steroid dienone is 1. The highest BCUT2D eigenvalue weighted by atomic mass is 14.9. The highest BCUT2D eigenvalue weighted by Gasteiger charge is 2.26. The van der Waals surface area contributed by atoms with Crippen molar-refractivity contribution in [2.24, 2.45) is 11.3 Å². The van der Waals surface area contributed by atoms with Crippen molar-refractivity contribution < 1.29 is 0 Å². The molecule has 19 heavy (non-hydrogen) atoms. The average molecular weight is 257 g/mol. The summed E-state index contributed by atoms with van der Waals surface area (Å²) in [6.45, 7) is 13.3. The fourth-order valence-electron chi connectivity index (χ4n) is 3.08. The number of nitrogens with one attached hydrogen (secondary N) is 1. The van der Waals surface area contributed by atoms with Gasteiger partial charge in [-0.1, -0.05) is 51.6 Å². The Morgan fingerprint density at radius 2 is 1.79 bits per heavy atom. The lowest BCUT2D eigenvalue weighted by atomic mass is 9.90. The fraction of sp³-hybridized carbons (Fsp3) is 0.556. The van der Waals surface area contributed by atoms with Gasteiger partial charge in [0, 0.05) is 11.7 Å². The Kier molecular flexibility index (Phi) is 4.03. The van der Waals surface area contributed by atoms with Gasteiger partial charge in [0.25, 0.3) is 0 Å². The minimum absolute atomic E-state index is 0.308. The first kappa shape index (κ1) is 14.2. The quantitative estimate of drug-likeness (QED) is 0.846. The SMILES string of the molecule is C=C(CC(C)(C)C)NC(C)C1Cc2ccccc2C1. The third-order valence-corrected chi connectivity index (χ3v) is 3.97. The third-order valence-electron chi connectivity index (χ3n) is 3.97. The molecule has 1 unspecified atom stereocenters. The van der Waals surface area contributed by atoms with Crippen LogP contribution in [0.1, 0.15) is 45.2 Å². The summed E-state index contributed by atoms with van der Waals surface area (Å²) in [5.74, 6) is 0.703. The van der Waals surface area contributed by atoms with Gasteiger partial charge in [-0.25, -0.2) is 0 Å². The number of benzene rings is 1. The Hall–Kier alpha value is -1.24. The zero-order chi connectivity index (χ0) is 14.0. The molecule has 0 radical (unpaired) electrons. The van der Waals surface area contributed by atoms with Gasteiger partial charge in [0.2, 0.25) is 0 Å². The van der Waals surface area contributed by atoms with Crippen molar-refractivity contribution in [2.45, 2.75) is 53.0 Å². The first-order valence-corrected chi connectivity index (χ1v) is 7.36. The van der Waals surface area contributed by atoms with E-state index in [2.05, 4.69) is 63.9 Å². The molecule has 0 saturated heterocycles. The minimum atomic E-state index is 0.308. The zero-order valence-corrected chi connectivity index (χ0v) is 12.8. The standard InChI is InChI=1S/C18H27N/c1-13(12-18(3,4)5)19-14(2)17-10-15-8-6-7-9-16(15)11-17/h6-9,14,17,19H,1,10-12H2,2-5H3. The van der Waals surface area contributed by atoms with Gasteiger partial charge in [0.1, 0.15) is 0 Å². The molecule has 0 heterocycles. The molecule has 0 spiro atoms. The van der Waals surface area contributed by atoms with Crippen LogP contribution in [0.3, 0.4) is 0 Å². The van der Waals surface area contributed by atoms with E-state index in [-0.39, 0.29) is 0 Å². The molecule has 0 amide bonds. The molecule has 1 nitrogen and oxygen atoms in total. The summed E-state index contributed by atoms with van der Waals surface area (Å²) in [5.41, 5.74) is 4.55. The molecule has 1 aliphatic carbocycles. The highest BCUT2D eigenvalue weighted by Crippen LogP contribution is 2.29. The van der Waals surface area contributed by atoms with E-state index >= 15 is 0 Å². The van der Waals surface area contributed by atoms with Gasteiger partial charge in [-0.15, -0.1) is 0 Å². The van der Waals surface area contributed by atoms with Crippen molar-refractivity contribution in [2.75, 3.05) is 0 Å². The molecular weight excluding hydrogens is 230 g/mol. The van der Waals surface area contributed by atoms with Gasteiger partial charge in [0.15, 0.2) is 0 Å². The van der Waals surface area contributed by atoms with E-state index in [1.807, 2.05) is 0 Å². The average Bonchev–Trinajstić information content (AvgIpc) is 2.69. The molecule has 0 aliphatic heterocycles. The van der Waals surface area contributed by atoms with Gasteiger partial charge in [-0.3, -0.25) is 0 Å². The molecule has 1 aliphatic rings. The normalized spacial score (nSPS) is 17.1. The molecule has 2 rings (SSSR count). The van der Waals surface area contributed by atoms with Crippen molar-refractivity contribution in [3.63, 3.8) is 0 Å². The van der Waals surface area contributed by atoms with Gasteiger partial charge >= 0.3 is 0 Å². The van der Waals surface area contributed by atoms with Crippen LogP contribution in [-0.4, -0.2) is 6.04 Å². The van der Waals surface area contributed by atoms with E-state index in [0.29, 0.717) is 17.4 Å². The monoisotopic (exact) mass is 257 g/mol. The maximum atomic E-state index is 4.19. The molecule has 1 atom stereocenters. The first-order valence-electron chi connectivity index (χ1n) is 7.36. The summed E-state index contributed by atoms with van der Waals surface area (Å²) in [4.78, 5) is 0. The van der Waals surface area contributed by atoms with Crippen LogP contribution in [0.15, 0.2) is 36.5 Å². The molecule has 0 aromatic heterocycles. The Morgan fingerprint density at radius 3 is 2.26 bits per heavy atom. The first-order chi connectivity index (χ1) is 8.85. The van der Waals surface area contributed by atoms with Crippen LogP contribution in [0.2, 0.25) is 0 Å². The molecular formula is C18H27N. The number of rotatable bonds is 4. The molecule has 0 bridgehead atoms. The van der Waals surface area contributed by atoms with E-state index in [1.54, 1.807) is 0 Å². The summed E-state index contributed by atoms with van der Waals surface area (Å²) in [6.07, 6.45) is 3.44. The predicted molar refractivity (Wildman–Crippen MR) is 83.1 cm³/mol. The topological polar surface area (TPSA) is 12.0 Å². The van der Waals surface area contributed by atoms with Crippen LogP contribution >= 0.6 is 0 Å².